The number of fused-ring (bicyclic) bond motifs is 1. The van der Waals surface area contributed by atoms with Gasteiger partial charge in [0.15, 0.2) is 0 Å². The lowest BCUT2D eigenvalue weighted by Gasteiger charge is -2.33. The van der Waals surface area contributed by atoms with Crippen LogP contribution in [0.3, 0.4) is 0 Å². The van der Waals surface area contributed by atoms with Crippen LogP contribution < -0.4 is 10.9 Å². The van der Waals surface area contributed by atoms with Crippen LogP contribution in [0.4, 0.5) is 18.9 Å². The van der Waals surface area contributed by atoms with Gasteiger partial charge in [0, 0.05) is 61.6 Å². The second-order valence-electron chi connectivity index (χ2n) is 10.3. The Morgan fingerprint density at radius 1 is 1.02 bits per heavy atom. The Hall–Kier alpha value is -4.28. The van der Waals surface area contributed by atoms with Gasteiger partial charge in [0.1, 0.15) is 5.65 Å². The average molecular weight is 562 g/mol. The molecular formula is C31H30F3N5O2. The number of alkyl halides is 3. The second kappa shape index (κ2) is 11.7. The number of aryl methyl sites for hydroxylation is 1. The number of hydrogen-bond donors (Lipinski definition) is 2. The molecule has 0 unspecified atom stereocenters. The Bertz CT molecular complexity index is 1670. The first-order chi connectivity index (χ1) is 19.5. The lowest BCUT2D eigenvalue weighted by Crippen LogP contribution is -2.44. The monoisotopic (exact) mass is 561 g/mol. The first-order valence-corrected chi connectivity index (χ1v) is 13.3. The number of hydrogen-bond acceptors (Lipinski definition) is 5. The van der Waals surface area contributed by atoms with Crippen LogP contribution >= 0.6 is 0 Å². The van der Waals surface area contributed by atoms with Crippen LogP contribution in [0.2, 0.25) is 0 Å². The molecule has 10 heteroatoms. The summed E-state index contributed by atoms with van der Waals surface area (Å²) in [6.07, 6.45) is 0.773. The molecule has 0 bridgehead atoms. The van der Waals surface area contributed by atoms with Gasteiger partial charge in [0.05, 0.1) is 5.56 Å². The fraction of sp³-hybridized carbons (Fsp3) is 0.258. The standard InChI is InChI=1S/C31H30F3N5O2/c1-20-3-5-24(16-22(20)6-4-21-15-23-8-10-28(40)37-29(23)35-18-21)30(41)36-26-9-7-25(27(17-26)31(32,33)34)19-39-13-11-38(2)12-14-39/h3-10,15-18H,11-14,19H2,1-2H3,(H,36,41)(H,35,37,40). The largest absolute Gasteiger partial charge is 0.416 e. The highest BCUT2D eigenvalue weighted by molar-refractivity contribution is 6.04. The van der Waals surface area contributed by atoms with Crippen LogP contribution in [-0.4, -0.2) is 58.9 Å². The zero-order valence-corrected chi connectivity index (χ0v) is 22.8. The number of likely N-dealkylation sites (N-methyl/N-ethyl adjacent to an activating group) is 1. The van der Waals surface area contributed by atoms with Gasteiger partial charge in [-0.1, -0.05) is 24.3 Å². The molecule has 212 valence electrons. The smallest absolute Gasteiger partial charge is 0.322 e. The van der Waals surface area contributed by atoms with Crippen LogP contribution in [0.1, 0.15) is 38.2 Å². The molecule has 2 aromatic heterocycles. The number of aromatic nitrogens is 2. The van der Waals surface area contributed by atoms with E-state index in [2.05, 4.69) is 20.2 Å². The van der Waals surface area contributed by atoms with E-state index in [1.165, 1.54) is 18.2 Å². The minimum atomic E-state index is -4.54. The predicted octanol–water partition coefficient (Wildman–Crippen LogP) is 5.42. The first kappa shape index (κ1) is 28.3. The van der Waals surface area contributed by atoms with Gasteiger partial charge in [0.25, 0.3) is 5.91 Å². The van der Waals surface area contributed by atoms with Crippen molar-refractivity contribution in [1.82, 2.24) is 19.8 Å². The predicted molar refractivity (Wildman–Crippen MR) is 155 cm³/mol. The number of nitrogens with one attached hydrogen (secondary N) is 2. The van der Waals surface area contributed by atoms with Gasteiger partial charge in [-0.2, -0.15) is 13.2 Å². The third-order valence-corrected chi connectivity index (χ3v) is 7.25. The van der Waals surface area contributed by atoms with Crippen LogP contribution in [0.15, 0.2) is 65.6 Å². The number of benzene rings is 2. The molecule has 0 aliphatic carbocycles. The number of amides is 1. The molecular weight excluding hydrogens is 531 g/mol. The zero-order chi connectivity index (χ0) is 29.1. The number of carbonyl (C=O) groups excluding carboxylic acids is 1. The number of pyridine rings is 2. The van der Waals surface area contributed by atoms with E-state index in [9.17, 15) is 22.8 Å². The molecule has 4 aromatic rings. The maximum atomic E-state index is 14.0. The summed E-state index contributed by atoms with van der Waals surface area (Å²) in [6.45, 7) is 5.13. The summed E-state index contributed by atoms with van der Waals surface area (Å²) in [7, 11) is 2.00. The number of piperazine rings is 1. The SMILES string of the molecule is Cc1ccc(C(=O)Nc2ccc(CN3CCN(C)CC3)c(C(F)(F)F)c2)cc1C=Cc1cnc2[nH]c(=O)ccc2c1. The van der Waals surface area contributed by atoms with Crippen LogP contribution in [0.25, 0.3) is 23.2 Å². The molecule has 1 fully saturated rings. The number of halogens is 3. The van der Waals surface area contributed by atoms with Gasteiger partial charge in [-0.3, -0.25) is 14.5 Å². The van der Waals surface area contributed by atoms with E-state index in [0.717, 1.165) is 41.2 Å². The number of carbonyl (C=O) groups is 1. The van der Waals surface area contributed by atoms with E-state index in [0.29, 0.717) is 24.3 Å². The zero-order valence-electron chi connectivity index (χ0n) is 22.8. The summed E-state index contributed by atoms with van der Waals surface area (Å²) < 4.78 is 41.9. The lowest BCUT2D eigenvalue weighted by molar-refractivity contribution is -0.138. The van der Waals surface area contributed by atoms with Crippen molar-refractivity contribution in [3.8, 4) is 0 Å². The highest BCUT2D eigenvalue weighted by atomic mass is 19.4. The summed E-state index contributed by atoms with van der Waals surface area (Å²) >= 11 is 0. The summed E-state index contributed by atoms with van der Waals surface area (Å²) in [6, 6.07) is 14.1. The first-order valence-electron chi connectivity index (χ1n) is 13.3. The molecule has 2 aromatic carbocycles. The third-order valence-electron chi connectivity index (χ3n) is 7.25. The van der Waals surface area contributed by atoms with Crippen molar-refractivity contribution in [3.05, 3.63) is 105 Å². The van der Waals surface area contributed by atoms with Crippen LogP contribution in [-0.2, 0) is 12.7 Å². The summed E-state index contributed by atoms with van der Waals surface area (Å²) in [5.41, 5.74) is 2.62. The van der Waals surface area contributed by atoms with Gasteiger partial charge in [0.2, 0.25) is 5.56 Å². The van der Waals surface area contributed by atoms with Crippen LogP contribution in [0, 0.1) is 6.92 Å². The van der Waals surface area contributed by atoms with Crippen LogP contribution in [0.5, 0.6) is 0 Å². The molecule has 7 nitrogen and oxygen atoms in total. The van der Waals surface area contributed by atoms with Gasteiger partial charge in [-0.05, 0) is 72.6 Å². The fourth-order valence-corrected chi connectivity index (χ4v) is 4.80. The molecule has 1 aliphatic heterocycles. The van der Waals surface area contributed by atoms with Crippen molar-refractivity contribution in [2.24, 2.45) is 0 Å². The third kappa shape index (κ3) is 6.90. The normalized spacial score (nSPS) is 15.0. The van der Waals surface area contributed by atoms with Crippen molar-refractivity contribution in [2.45, 2.75) is 19.6 Å². The van der Waals surface area contributed by atoms with Crippen molar-refractivity contribution in [3.63, 3.8) is 0 Å². The fourth-order valence-electron chi connectivity index (χ4n) is 4.80. The second-order valence-corrected chi connectivity index (χ2v) is 10.3. The maximum Gasteiger partial charge on any atom is 0.416 e. The number of nitrogens with zero attached hydrogens (tertiary/aromatic N) is 3. The van der Waals surface area contributed by atoms with Crippen molar-refractivity contribution in [2.75, 3.05) is 38.5 Å². The Morgan fingerprint density at radius 3 is 2.56 bits per heavy atom. The summed E-state index contributed by atoms with van der Waals surface area (Å²) in [5, 5.41) is 3.41. The number of anilines is 1. The molecule has 0 atom stereocenters. The van der Waals surface area contributed by atoms with Crippen molar-refractivity contribution in [1.29, 1.82) is 0 Å². The van der Waals surface area contributed by atoms with E-state index >= 15 is 0 Å². The number of H-pyrrole nitrogens is 1. The van der Waals surface area contributed by atoms with E-state index in [1.54, 1.807) is 30.5 Å². The average Bonchev–Trinajstić information content (AvgIpc) is 2.94. The van der Waals surface area contributed by atoms with Gasteiger partial charge < -0.3 is 15.2 Å². The summed E-state index contributed by atoms with van der Waals surface area (Å²) in [4.78, 5) is 35.6. The maximum absolute atomic E-state index is 14.0. The Balaban J connectivity index is 1.33. The number of rotatable bonds is 6. The molecule has 2 N–H and O–H groups in total. The van der Waals surface area contributed by atoms with E-state index in [-0.39, 0.29) is 23.4 Å². The lowest BCUT2D eigenvalue weighted by atomic mass is 10.0. The molecule has 3 heterocycles. The molecule has 1 aliphatic rings. The minimum Gasteiger partial charge on any atom is -0.322 e. The Labute approximate surface area is 235 Å². The van der Waals surface area contributed by atoms with Gasteiger partial charge in [-0.25, -0.2) is 4.98 Å². The van der Waals surface area contributed by atoms with E-state index in [4.69, 9.17) is 0 Å². The Kier molecular flexibility index (Phi) is 8.05. The topological polar surface area (TPSA) is 81.3 Å². The molecule has 41 heavy (non-hydrogen) atoms. The molecule has 0 saturated carbocycles. The molecule has 0 radical (unpaired) electrons. The minimum absolute atomic E-state index is 0.0856. The van der Waals surface area contributed by atoms with Crippen molar-refractivity contribution < 1.29 is 18.0 Å². The van der Waals surface area contributed by atoms with Gasteiger partial charge in [-0.15, -0.1) is 0 Å². The molecule has 1 amide bonds. The summed E-state index contributed by atoms with van der Waals surface area (Å²) in [5.74, 6) is -0.504. The highest BCUT2D eigenvalue weighted by Gasteiger charge is 2.34. The van der Waals surface area contributed by atoms with E-state index in [1.807, 2.05) is 37.1 Å². The molecule has 5 rings (SSSR count). The van der Waals surface area contributed by atoms with E-state index < -0.39 is 17.6 Å². The molecule has 1 saturated heterocycles. The van der Waals surface area contributed by atoms with Gasteiger partial charge >= 0.3 is 6.18 Å². The van der Waals surface area contributed by atoms with Crippen molar-refractivity contribution >= 4 is 34.8 Å². The highest BCUT2D eigenvalue weighted by Crippen LogP contribution is 2.35. The number of aromatic amines is 1. The Morgan fingerprint density at radius 2 is 1.80 bits per heavy atom. The molecule has 0 spiro atoms. The quantitative estimate of drug-likeness (QED) is 0.329.